The first kappa shape index (κ1) is 11.3. The number of amides is 1. The molecular weight excluding hydrogens is 218 g/mol. The Morgan fingerprint density at radius 1 is 1.29 bits per heavy atom. The van der Waals surface area contributed by atoms with E-state index in [4.69, 9.17) is 4.42 Å². The van der Waals surface area contributed by atoms with Gasteiger partial charge in [-0.1, -0.05) is 30.3 Å². The highest BCUT2D eigenvalue weighted by atomic mass is 16.4. The largest absolute Gasteiger partial charge is 0.423 e. The van der Waals surface area contributed by atoms with Crippen molar-refractivity contribution in [2.45, 2.75) is 19.9 Å². The summed E-state index contributed by atoms with van der Waals surface area (Å²) < 4.78 is 5.36. The van der Waals surface area contributed by atoms with Gasteiger partial charge in [-0.05, 0) is 5.56 Å². The van der Waals surface area contributed by atoms with Gasteiger partial charge in [0, 0.05) is 13.8 Å². The number of aryl methyl sites for hydroxylation is 1. The summed E-state index contributed by atoms with van der Waals surface area (Å²) in [6, 6.07) is 9.11. The van der Waals surface area contributed by atoms with E-state index in [0.717, 1.165) is 5.56 Å². The summed E-state index contributed by atoms with van der Waals surface area (Å²) >= 11 is 0. The summed E-state index contributed by atoms with van der Waals surface area (Å²) in [5.41, 5.74) is 0.909. The molecule has 0 aliphatic rings. The lowest BCUT2D eigenvalue weighted by Crippen LogP contribution is -2.27. The highest BCUT2D eigenvalue weighted by molar-refractivity contribution is 5.73. The fourth-order valence-corrected chi connectivity index (χ4v) is 1.56. The Balaban J connectivity index is 2.35. The van der Waals surface area contributed by atoms with E-state index in [-0.39, 0.29) is 5.91 Å². The summed E-state index contributed by atoms with van der Waals surface area (Å²) in [5, 5.41) is 10.5. The molecule has 17 heavy (non-hydrogen) atoms. The minimum atomic E-state index is -0.394. The normalized spacial score (nSPS) is 12.1. The topological polar surface area (TPSA) is 68.0 Å². The van der Waals surface area contributed by atoms with Gasteiger partial charge in [0.1, 0.15) is 6.04 Å². The van der Waals surface area contributed by atoms with E-state index in [1.807, 2.05) is 30.3 Å². The Morgan fingerprint density at radius 3 is 2.53 bits per heavy atom. The van der Waals surface area contributed by atoms with Crippen LogP contribution in [0.15, 0.2) is 34.7 Å². The first-order valence-corrected chi connectivity index (χ1v) is 5.29. The van der Waals surface area contributed by atoms with Gasteiger partial charge in [-0.3, -0.25) is 4.79 Å². The Labute approximate surface area is 98.9 Å². The summed E-state index contributed by atoms with van der Waals surface area (Å²) in [4.78, 5) is 11.2. The molecule has 0 saturated heterocycles. The highest BCUT2D eigenvalue weighted by Crippen LogP contribution is 2.20. The fraction of sp³-hybridized carbons (Fsp3) is 0.250. The van der Waals surface area contributed by atoms with Crippen LogP contribution in [0.3, 0.4) is 0 Å². The molecule has 0 saturated carbocycles. The van der Waals surface area contributed by atoms with Gasteiger partial charge in [0.15, 0.2) is 0 Å². The fourth-order valence-electron chi connectivity index (χ4n) is 1.56. The lowest BCUT2D eigenvalue weighted by atomic mass is 10.1. The molecule has 5 nitrogen and oxygen atoms in total. The second-order valence-corrected chi connectivity index (χ2v) is 3.70. The van der Waals surface area contributed by atoms with E-state index in [9.17, 15) is 4.79 Å². The third-order valence-corrected chi connectivity index (χ3v) is 2.27. The van der Waals surface area contributed by atoms with Gasteiger partial charge in [-0.15, -0.1) is 10.2 Å². The van der Waals surface area contributed by atoms with Crippen LogP contribution in [-0.4, -0.2) is 16.1 Å². The van der Waals surface area contributed by atoms with Crippen molar-refractivity contribution >= 4 is 5.91 Å². The van der Waals surface area contributed by atoms with E-state index in [1.54, 1.807) is 6.92 Å². The van der Waals surface area contributed by atoms with Gasteiger partial charge in [-0.2, -0.15) is 0 Å². The zero-order valence-electron chi connectivity index (χ0n) is 9.68. The van der Waals surface area contributed by atoms with Gasteiger partial charge >= 0.3 is 0 Å². The summed E-state index contributed by atoms with van der Waals surface area (Å²) in [6.07, 6.45) is 0. The number of rotatable bonds is 3. The van der Waals surface area contributed by atoms with Gasteiger partial charge in [0.25, 0.3) is 0 Å². The summed E-state index contributed by atoms with van der Waals surface area (Å²) in [7, 11) is 0. The first-order chi connectivity index (χ1) is 8.16. The number of hydrogen-bond acceptors (Lipinski definition) is 4. The molecule has 0 aliphatic heterocycles. The second-order valence-electron chi connectivity index (χ2n) is 3.70. The molecule has 0 fully saturated rings. The molecule has 88 valence electrons. The number of nitrogens with one attached hydrogen (secondary N) is 1. The lowest BCUT2D eigenvalue weighted by molar-refractivity contribution is -0.119. The minimum absolute atomic E-state index is 0.144. The molecule has 0 aliphatic carbocycles. The molecule has 0 bridgehead atoms. The number of aromatic nitrogens is 2. The number of nitrogens with zero attached hydrogens (tertiary/aromatic N) is 2. The summed E-state index contributed by atoms with van der Waals surface area (Å²) in [6.45, 7) is 3.17. The number of hydrogen-bond donors (Lipinski definition) is 1. The second kappa shape index (κ2) is 4.78. The maximum absolute atomic E-state index is 11.2. The molecule has 1 aromatic carbocycles. The van der Waals surface area contributed by atoms with E-state index >= 15 is 0 Å². The van der Waals surface area contributed by atoms with Crippen LogP contribution >= 0.6 is 0 Å². The first-order valence-electron chi connectivity index (χ1n) is 5.29. The van der Waals surface area contributed by atoms with Crippen molar-refractivity contribution in [3.05, 3.63) is 47.7 Å². The molecule has 1 amide bonds. The van der Waals surface area contributed by atoms with Gasteiger partial charge in [0.2, 0.25) is 17.7 Å². The number of benzene rings is 1. The molecule has 2 rings (SSSR count). The van der Waals surface area contributed by atoms with Crippen molar-refractivity contribution in [1.82, 2.24) is 15.5 Å². The molecule has 0 radical (unpaired) electrons. The molecule has 2 aromatic rings. The molecule has 1 atom stereocenters. The maximum Gasteiger partial charge on any atom is 0.243 e. The van der Waals surface area contributed by atoms with Crippen LogP contribution in [0.4, 0.5) is 0 Å². The highest BCUT2D eigenvalue weighted by Gasteiger charge is 2.20. The Hall–Kier alpha value is -2.17. The van der Waals surface area contributed by atoms with Crippen LogP contribution in [0.2, 0.25) is 0 Å². The SMILES string of the molecule is CC(=O)NC(c1ccccc1)c1nnc(C)o1. The van der Waals surface area contributed by atoms with Crippen LogP contribution in [0.5, 0.6) is 0 Å². The number of carbonyl (C=O) groups excluding carboxylic acids is 1. The van der Waals surface area contributed by atoms with Crippen molar-refractivity contribution in [2.75, 3.05) is 0 Å². The van der Waals surface area contributed by atoms with Crippen molar-refractivity contribution in [1.29, 1.82) is 0 Å². The van der Waals surface area contributed by atoms with E-state index in [1.165, 1.54) is 6.92 Å². The van der Waals surface area contributed by atoms with Crippen molar-refractivity contribution < 1.29 is 9.21 Å². The van der Waals surface area contributed by atoms with E-state index < -0.39 is 6.04 Å². The predicted molar refractivity (Wildman–Crippen MR) is 61.1 cm³/mol. The Morgan fingerprint density at radius 2 is 2.00 bits per heavy atom. The van der Waals surface area contributed by atoms with Crippen LogP contribution < -0.4 is 5.32 Å². The minimum Gasteiger partial charge on any atom is -0.423 e. The Bertz CT molecular complexity index is 507. The molecule has 0 spiro atoms. The van der Waals surface area contributed by atoms with Gasteiger partial charge in [0.05, 0.1) is 0 Å². The van der Waals surface area contributed by atoms with Crippen molar-refractivity contribution in [2.24, 2.45) is 0 Å². The molecule has 1 aromatic heterocycles. The monoisotopic (exact) mass is 231 g/mol. The third kappa shape index (κ3) is 2.69. The standard InChI is InChI=1S/C12H13N3O2/c1-8(16)13-11(10-6-4-3-5-7-10)12-15-14-9(2)17-12/h3-7,11H,1-2H3,(H,13,16). The molecule has 1 heterocycles. The third-order valence-electron chi connectivity index (χ3n) is 2.27. The van der Waals surface area contributed by atoms with Crippen LogP contribution in [-0.2, 0) is 4.79 Å². The predicted octanol–water partition coefficient (Wildman–Crippen LogP) is 1.60. The van der Waals surface area contributed by atoms with Gasteiger partial charge < -0.3 is 9.73 Å². The molecular formula is C12H13N3O2. The Kier molecular flexibility index (Phi) is 3.18. The smallest absolute Gasteiger partial charge is 0.243 e. The zero-order valence-corrected chi connectivity index (χ0v) is 9.68. The molecule has 5 heteroatoms. The molecule has 1 N–H and O–H groups in total. The quantitative estimate of drug-likeness (QED) is 0.871. The van der Waals surface area contributed by atoms with Crippen LogP contribution in [0.25, 0.3) is 0 Å². The average Bonchev–Trinajstić information content (AvgIpc) is 2.73. The summed E-state index contributed by atoms with van der Waals surface area (Å²) in [5.74, 6) is 0.727. The lowest BCUT2D eigenvalue weighted by Gasteiger charge is -2.13. The van der Waals surface area contributed by atoms with Crippen molar-refractivity contribution in [3.8, 4) is 0 Å². The maximum atomic E-state index is 11.2. The van der Waals surface area contributed by atoms with E-state index in [2.05, 4.69) is 15.5 Å². The van der Waals surface area contributed by atoms with Crippen LogP contribution in [0.1, 0.15) is 30.3 Å². The van der Waals surface area contributed by atoms with Crippen molar-refractivity contribution in [3.63, 3.8) is 0 Å². The zero-order chi connectivity index (χ0) is 12.3. The van der Waals surface area contributed by atoms with Crippen LogP contribution in [0, 0.1) is 6.92 Å². The average molecular weight is 231 g/mol. The molecule has 1 unspecified atom stereocenters. The number of carbonyl (C=O) groups is 1. The van der Waals surface area contributed by atoms with E-state index in [0.29, 0.717) is 11.8 Å². The van der Waals surface area contributed by atoms with Gasteiger partial charge in [-0.25, -0.2) is 0 Å².